The van der Waals surface area contributed by atoms with Gasteiger partial charge in [0.25, 0.3) is 0 Å². The normalized spacial score (nSPS) is 18.9. The second-order valence-electron chi connectivity index (χ2n) is 4.80. The molecule has 18 heavy (non-hydrogen) atoms. The van der Waals surface area contributed by atoms with E-state index in [1.54, 1.807) is 18.2 Å². The van der Waals surface area contributed by atoms with Crippen LogP contribution in [0.4, 0.5) is 0 Å². The zero-order chi connectivity index (χ0) is 13.6. The molecule has 4 nitrogen and oxygen atoms in total. The summed E-state index contributed by atoms with van der Waals surface area (Å²) in [6, 6.07) is -0.837. The van der Waals surface area contributed by atoms with Crippen molar-refractivity contribution >= 4 is 11.9 Å². The molecule has 0 bridgehead atoms. The highest BCUT2D eigenvalue weighted by Gasteiger charge is 2.43. The highest BCUT2D eigenvalue weighted by atomic mass is 16.4. The summed E-state index contributed by atoms with van der Waals surface area (Å²) in [6.07, 6.45) is 8.87. The molecule has 2 N–H and O–H groups in total. The van der Waals surface area contributed by atoms with Crippen LogP contribution < -0.4 is 5.32 Å². The van der Waals surface area contributed by atoms with Crippen LogP contribution in [-0.4, -0.2) is 23.0 Å². The standard InChI is InChI=1S/C14H21NO3/c1-3-5-7-11(12(16)17)15-13(18)14(8-4-2)9-6-10-14/h3-5,11H,2,6-10H2,1H3,(H,15,18)(H,16,17)/b5-3+. The lowest BCUT2D eigenvalue weighted by Crippen LogP contribution is -2.51. The van der Waals surface area contributed by atoms with Gasteiger partial charge in [-0.15, -0.1) is 6.58 Å². The van der Waals surface area contributed by atoms with Crippen LogP contribution in [0.3, 0.4) is 0 Å². The molecular formula is C14H21NO3. The maximum Gasteiger partial charge on any atom is 0.326 e. The maximum atomic E-state index is 12.2. The van der Waals surface area contributed by atoms with Gasteiger partial charge >= 0.3 is 5.97 Å². The first kappa shape index (κ1) is 14.5. The van der Waals surface area contributed by atoms with Crippen LogP contribution in [0.15, 0.2) is 24.8 Å². The molecule has 0 spiro atoms. The Morgan fingerprint density at radius 3 is 2.56 bits per heavy atom. The number of carbonyl (C=O) groups excluding carboxylic acids is 1. The molecule has 0 radical (unpaired) electrons. The Balaban J connectivity index is 2.65. The molecule has 1 rings (SSSR count). The summed E-state index contributed by atoms with van der Waals surface area (Å²) in [6.45, 7) is 5.49. The fourth-order valence-electron chi connectivity index (χ4n) is 2.21. The van der Waals surface area contributed by atoms with Crippen molar-refractivity contribution in [1.29, 1.82) is 0 Å². The first-order valence-electron chi connectivity index (χ1n) is 6.31. The lowest BCUT2D eigenvalue weighted by molar-refractivity contribution is -0.145. The zero-order valence-electron chi connectivity index (χ0n) is 10.8. The van der Waals surface area contributed by atoms with E-state index in [9.17, 15) is 9.59 Å². The molecule has 0 aromatic heterocycles. The number of carboxylic acids is 1. The third kappa shape index (κ3) is 3.22. The topological polar surface area (TPSA) is 66.4 Å². The quantitative estimate of drug-likeness (QED) is 0.682. The SMILES string of the molecule is C=CCC1(C(=O)NC(C/C=C/C)C(=O)O)CCC1. The predicted octanol–water partition coefficient (Wildman–Crippen LogP) is 2.27. The molecule has 0 aromatic carbocycles. The predicted molar refractivity (Wildman–Crippen MR) is 70.1 cm³/mol. The number of carbonyl (C=O) groups is 2. The average molecular weight is 251 g/mol. The van der Waals surface area contributed by atoms with Gasteiger partial charge in [-0.3, -0.25) is 4.79 Å². The van der Waals surface area contributed by atoms with E-state index >= 15 is 0 Å². The van der Waals surface area contributed by atoms with Crippen LogP contribution in [0.5, 0.6) is 0 Å². The molecule has 4 heteroatoms. The largest absolute Gasteiger partial charge is 0.480 e. The van der Waals surface area contributed by atoms with E-state index in [4.69, 9.17) is 5.11 Å². The first-order chi connectivity index (χ1) is 8.55. The van der Waals surface area contributed by atoms with Gasteiger partial charge in [-0.25, -0.2) is 4.79 Å². The van der Waals surface area contributed by atoms with Gasteiger partial charge < -0.3 is 10.4 Å². The molecule has 0 aromatic rings. The van der Waals surface area contributed by atoms with E-state index in [0.29, 0.717) is 12.8 Å². The van der Waals surface area contributed by atoms with Crippen molar-refractivity contribution in [1.82, 2.24) is 5.32 Å². The monoisotopic (exact) mass is 251 g/mol. The number of carboxylic acid groups (broad SMARTS) is 1. The third-order valence-electron chi connectivity index (χ3n) is 3.54. The smallest absolute Gasteiger partial charge is 0.326 e. The van der Waals surface area contributed by atoms with Crippen molar-refractivity contribution in [2.75, 3.05) is 0 Å². The van der Waals surface area contributed by atoms with Gasteiger partial charge in [0.1, 0.15) is 6.04 Å². The molecule has 1 fully saturated rings. The average Bonchev–Trinajstić information content (AvgIpc) is 2.28. The number of aliphatic carboxylic acids is 1. The first-order valence-corrected chi connectivity index (χ1v) is 6.31. The van der Waals surface area contributed by atoms with Gasteiger partial charge in [0.15, 0.2) is 0 Å². The van der Waals surface area contributed by atoms with Crippen molar-refractivity contribution in [3.05, 3.63) is 24.8 Å². The Morgan fingerprint density at radius 2 is 2.17 bits per heavy atom. The van der Waals surface area contributed by atoms with Gasteiger partial charge in [-0.2, -0.15) is 0 Å². The van der Waals surface area contributed by atoms with Crippen LogP contribution in [0, 0.1) is 5.41 Å². The minimum atomic E-state index is -0.991. The van der Waals surface area contributed by atoms with Crippen molar-refractivity contribution in [3.63, 3.8) is 0 Å². The second kappa shape index (κ2) is 6.38. The van der Waals surface area contributed by atoms with Crippen molar-refractivity contribution in [2.24, 2.45) is 5.41 Å². The number of hydrogen-bond acceptors (Lipinski definition) is 2. The summed E-state index contributed by atoms with van der Waals surface area (Å²) >= 11 is 0. The van der Waals surface area contributed by atoms with Gasteiger partial charge in [0.2, 0.25) is 5.91 Å². The minimum absolute atomic E-state index is 0.148. The van der Waals surface area contributed by atoms with Crippen LogP contribution >= 0.6 is 0 Å². The van der Waals surface area contributed by atoms with Crippen LogP contribution in [0.1, 0.15) is 39.0 Å². The molecule has 0 saturated heterocycles. The molecule has 1 aliphatic rings. The summed E-state index contributed by atoms with van der Waals surface area (Å²) in [4.78, 5) is 23.2. The molecule has 1 unspecified atom stereocenters. The molecule has 1 amide bonds. The third-order valence-corrected chi connectivity index (χ3v) is 3.54. The van der Waals surface area contributed by atoms with E-state index in [2.05, 4.69) is 11.9 Å². The van der Waals surface area contributed by atoms with Gasteiger partial charge in [0, 0.05) is 0 Å². The van der Waals surface area contributed by atoms with Crippen molar-refractivity contribution in [3.8, 4) is 0 Å². The van der Waals surface area contributed by atoms with E-state index < -0.39 is 17.4 Å². The highest BCUT2D eigenvalue weighted by molar-refractivity contribution is 5.88. The Bertz CT molecular complexity index is 356. The van der Waals surface area contributed by atoms with Crippen molar-refractivity contribution < 1.29 is 14.7 Å². The molecule has 0 heterocycles. The Hall–Kier alpha value is -1.58. The minimum Gasteiger partial charge on any atom is -0.480 e. The summed E-state index contributed by atoms with van der Waals surface area (Å²) in [5.41, 5.74) is -0.411. The molecule has 100 valence electrons. The molecule has 1 aliphatic carbocycles. The van der Waals surface area contributed by atoms with Gasteiger partial charge in [-0.1, -0.05) is 24.6 Å². The van der Waals surface area contributed by atoms with E-state index in [1.165, 1.54) is 0 Å². The summed E-state index contributed by atoms with van der Waals surface area (Å²) < 4.78 is 0. The Morgan fingerprint density at radius 1 is 1.50 bits per heavy atom. The maximum absolute atomic E-state index is 12.2. The van der Waals surface area contributed by atoms with Gasteiger partial charge in [0.05, 0.1) is 5.41 Å². The van der Waals surface area contributed by atoms with Crippen molar-refractivity contribution in [2.45, 2.75) is 45.1 Å². The second-order valence-corrected chi connectivity index (χ2v) is 4.80. The molecule has 1 saturated carbocycles. The van der Waals surface area contributed by atoms with E-state index in [-0.39, 0.29) is 5.91 Å². The lowest BCUT2D eigenvalue weighted by Gasteiger charge is -2.40. The van der Waals surface area contributed by atoms with Gasteiger partial charge in [-0.05, 0) is 32.6 Å². The summed E-state index contributed by atoms with van der Waals surface area (Å²) in [5.74, 6) is -1.14. The number of rotatable bonds is 7. The molecule has 1 atom stereocenters. The molecular weight excluding hydrogens is 230 g/mol. The lowest BCUT2D eigenvalue weighted by atomic mass is 9.66. The Labute approximate surface area is 108 Å². The van der Waals surface area contributed by atoms with E-state index in [0.717, 1.165) is 19.3 Å². The Kier molecular flexibility index (Phi) is 5.13. The fourth-order valence-corrected chi connectivity index (χ4v) is 2.21. The van der Waals surface area contributed by atoms with Crippen LogP contribution in [0.2, 0.25) is 0 Å². The number of amides is 1. The number of nitrogens with one attached hydrogen (secondary N) is 1. The molecule has 0 aliphatic heterocycles. The fraction of sp³-hybridized carbons (Fsp3) is 0.571. The summed E-state index contributed by atoms with van der Waals surface area (Å²) in [7, 11) is 0. The van der Waals surface area contributed by atoms with Crippen LogP contribution in [0.25, 0.3) is 0 Å². The summed E-state index contributed by atoms with van der Waals surface area (Å²) in [5, 5.41) is 11.7. The van der Waals surface area contributed by atoms with Crippen LogP contribution in [-0.2, 0) is 9.59 Å². The highest BCUT2D eigenvalue weighted by Crippen LogP contribution is 2.44. The zero-order valence-corrected chi connectivity index (χ0v) is 10.8. The number of allylic oxidation sites excluding steroid dienone is 2. The number of hydrogen-bond donors (Lipinski definition) is 2. The van der Waals surface area contributed by atoms with E-state index in [1.807, 2.05) is 6.92 Å².